The molecule has 1 saturated carbocycles. The maximum absolute atomic E-state index is 13.0. The van der Waals surface area contributed by atoms with Crippen LogP contribution in [-0.4, -0.2) is 53.2 Å². The van der Waals surface area contributed by atoms with Gasteiger partial charge in [0, 0.05) is 61.5 Å². The van der Waals surface area contributed by atoms with Crippen molar-refractivity contribution in [1.29, 1.82) is 0 Å². The Morgan fingerprint density at radius 1 is 0.921 bits per heavy atom. The normalized spacial score (nSPS) is 16.5. The van der Waals surface area contributed by atoms with E-state index in [1.54, 1.807) is 16.8 Å². The van der Waals surface area contributed by atoms with Crippen molar-refractivity contribution in [3.05, 3.63) is 72.7 Å². The summed E-state index contributed by atoms with van der Waals surface area (Å²) in [6, 6.07) is 18.1. The molecule has 0 radical (unpaired) electrons. The topological polar surface area (TPSA) is 86.6 Å². The second kappa shape index (κ2) is 11.2. The molecule has 196 valence electrons. The molecule has 1 amide bonds. The number of hydrogen-bond acceptors (Lipinski definition) is 6. The van der Waals surface area contributed by atoms with E-state index in [2.05, 4.69) is 67.3 Å². The molecule has 6 rings (SSSR count). The van der Waals surface area contributed by atoms with Crippen LogP contribution >= 0.6 is 0 Å². The van der Waals surface area contributed by atoms with Crippen molar-refractivity contribution in [3.8, 4) is 11.1 Å². The van der Waals surface area contributed by atoms with Crippen LogP contribution < -0.4 is 20.9 Å². The molecule has 3 N–H and O–H groups in total. The predicted octanol–water partition coefficient (Wildman–Crippen LogP) is 5.05. The average molecular weight is 510 g/mol. The van der Waals surface area contributed by atoms with Crippen LogP contribution in [0.1, 0.15) is 42.6 Å². The fraction of sp³-hybridized carbons (Fsp3) is 0.367. The largest absolute Gasteiger partial charge is 0.385 e. The first kappa shape index (κ1) is 24.4. The number of anilines is 3. The van der Waals surface area contributed by atoms with E-state index in [1.807, 2.05) is 18.3 Å². The molecule has 4 aromatic rings. The minimum atomic E-state index is -0.239. The maximum atomic E-state index is 13.0. The lowest BCUT2D eigenvalue weighted by Crippen LogP contribution is -2.43. The van der Waals surface area contributed by atoms with Crippen LogP contribution in [0.2, 0.25) is 0 Å². The summed E-state index contributed by atoms with van der Waals surface area (Å²) in [6.07, 6.45) is 10.4. The minimum absolute atomic E-state index is 0.239. The van der Waals surface area contributed by atoms with Gasteiger partial charge in [-0.05, 0) is 66.8 Å². The van der Waals surface area contributed by atoms with Crippen molar-refractivity contribution >= 4 is 28.6 Å². The number of fused-ring (bicyclic) bond motifs is 1. The number of amides is 1. The standard InChI is InChI=1S/C30H35N7O/c38-30(34-25-10-12-26(13-11-25)36-18-15-31-16-19-36)28-14-17-37-29(35-28)27(21-33-37)23-6-8-24(9-7-23)32-20-22-4-2-1-3-5-22/h6-14,17,21-22,31-32H,1-5,15-16,18-20H2,(H,34,38). The number of carbonyl (C=O) groups excluding carboxylic acids is 1. The fourth-order valence-electron chi connectivity index (χ4n) is 5.49. The minimum Gasteiger partial charge on any atom is -0.385 e. The third-order valence-electron chi connectivity index (χ3n) is 7.72. The smallest absolute Gasteiger partial charge is 0.274 e. The molecule has 2 aromatic carbocycles. The molecular formula is C30H35N7O. The Bertz CT molecular complexity index is 1370. The first-order valence-electron chi connectivity index (χ1n) is 13.8. The van der Waals surface area contributed by atoms with Crippen LogP contribution in [0.15, 0.2) is 67.0 Å². The van der Waals surface area contributed by atoms with E-state index in [4.69, 9.17) is 0 Å². The molecule has 8 nitrogen and oxygen atoms in total. The summed E-state index contributed by atoms with van der Waals surface area (Å²) in [5.41, 5.74) is 6.00. The SMILES string of the molecule is O=C(Nc1ccc(N2CCNCC2)cc1)c1ccn2ncc(-c3ccc(NCC4CCCCC4)cc3)c2n1. The van der Waals surface area contributed by atoms with Gasteiger partial charge in [0.2, 0.25) is 0 Å². The lowest BCUT2D eigenvalue weighted by molar-refractivity contribution is 0.102. The highest BCUT2D eigenvalue weighted by molar-refractivity contribution is 6.03. The predicted molar refractivity (Wildman–Crippen MR) is 153 cm³/mol. The van der Waals surface area contributed by atoms with E-state index in [1.165, 1.54) is 37.8 Å². The lowest BCUT2D eigenvalue weighted by Gasteiger charge is -2.29. The summed E-state index contributed by atoms with van der Waals surface area (Å²) in [7, 11) is 0. The van der Waals surface area contributed by atoms with E-state index in [0.717, 1.165) is 61.1 Å². The molecular weight excluding hydrogens is 474 g/mol. The van der Waals surface area contributed by atoms with Gasteiger partial charge in [-0.2, -0.15) is 5.10 Å². The van der Waals surface area contributed by atoms with Crippen molar-refractivity contribution in [2.24, 2.45) is 5.92 Å². The third kappa shape index (κ3) is 5.50. The molecule has 1 aliphatic heterocycles. The first-order valence-corrected chi connectivity index (χ1v) is 13.8. The van der Waals surface area contributed by atoms with Crippen molar-refractivity contribution in [2.45, 2.75) is 32.1 Å². The Balaban J connectivity index is 1.13. The van der Waals surface area contributed by atoms with E-state index < -0.39 is 0 Å². The molecule has 0 bridgehead atoms. The Morgan fingerprint density at radius 3 is 2.42 bits per heavy atom. The third-order valence-corrected chi connectivity index (χ3v) is 7.72. The summed E-state index contributed by atoms with van der Waals surface area (Å²) in [5.74, 6) is 0.541. The summed E-state index contributed by atoms with van der Waals surface area (Å²) in [5, 5.41) is 14.4. The van der Waals surface area contributed by atoms with Crippen molar-refractivity contribution < 1.29 is 4.79 Å². The van der Waals surface area contributed by atoms with Crippen LogP contribution in [0.25, 0.3) is 16.8 Å². The van der Waals surface area contributed by atoms with E-state index >= 15 is 0 Å². The van der Waals surface area contributed by atoms with E-state index in [-0.39, 0.29) is 5.91 Å². The quantitative estimate of drug-likeness (QED) is 0.323. The maximum Gasteiger partial charge on any atom is 0.274 e. The number of rotatable bonds is 7. The molecule has 1 aliphatic carbocycles. The second-order valence-electron chi connectivity index (χ2n) is 10.3. The zero-order valence-electron chi connectivity index (χ0n) is 21.7. The highest BCUT2D eigenvalue weighted by Gasteiger charge is 2.16. The molecule has 0 spiro atoms. The van der Waals surface area contributed by atoms with Crippen LogP contribution in [0.5, 0.6) is 0 Å². The van der Waals surface area contributed by atoms with Gasteiger partial charge in [-0.3, -0.25) is 4.79 Å². The number of piperazine rings is 1. The highest BCUT2D eigenvalue weighted by Crippen LogP contribution is 2.27. The average Bonchev–Trinajstić information content (AvgIpc) is 3.41. The number of nitrogens with zero attached hydrogens (tertiary/aromatic N) is 4. The molecule has 1 saturated heterocycles. The molecule has 2 aromatic heterocycles. The van der Waals surface area contributed by atoms with Gasteiger partial charge >= 0.3 is 0 Å². The van der Waals surface area contributed by atoms with E-state index in [0.29, 0.717) is 11.3 Å². The zero-order chi connectivity index (χ0) is 25.7. The zero-order valence-corrected chi connectivity index (χ0v) is 21.7. The van der Waals surface area contributed by atoms with Gasteiger partial charge in [0.25, 0.3) is 5.91 Å². The molecule has 2 fully saturated rings. The highest BCUT2D eigenvalue weighted by atomic mass is 16.1. The summed E-state index contributed by atoms with van der Waals surface area (Å²) in [6.45, 7) is 5.00. The molecule has 38 heavy (non-hydrogen) atoms. The monoisotopic (exact) mass is 509 g/mol. The van der Waals surface area contributed by atoms with Crippen LogP contribution in [0, 0.1) is 5.92 Å². The van der Waals surface area contributed by atoms with Crippen LogP contribution in [-0.2, 0) is 0 Å². The van der Waals surface area contributed by atoms with E-state index in [9.17, 15) is 4.79 Å². The number of aromatic nitrogens is 3. The summed E-state index contributed by atoms with van der Waals surface area (Å²) in [4.78, 5) is 20.1. The summed E-state index contributed by atoms with van der Waals surface area (Å²) < 4.78 is 1.71. The fourth-order valence-corrected chi connectivity index (χ4v) is 5.49. The molecule has 3 heterocycles. The van der Waals surface area contributed by atoms with Gasteiger partial charge in [-0.15, -0.1) is 0 Å². The van der Waals surface area contributed by atoms with Gasteiger partial charge in [-0.1, -0.05) is 31.4 Å². The summed E-state index contributed by atoms with van der Waals surface area (Å²) >= 11 is 0. The molecule has 2 aliphatic rings. The Morgan fingerprint density at radius 2 is 1.66 bits per heavy atom. The number of benzene rings is 2. The van der Waals surface area contributed by atoms with Crippen molar-refractivity contribution in [1.82, 2.24) is 19.9 Å². The second-order valence-corrected chi connectivity index (χ2v) is 10.3. The van der Waals surface area contributed by atoms with Gasteiger partial charge in [0.05, 0.1) is 6.20 Å². The van der Waals surface area contributed by atoms with Gasteiger partial charge < -0.3 is 20.9 Å². The molecule has 0 atom stereocenters. The number of carbonyl (C=O) groups is 1. The van der Waals surface area contributed by atoms with Gasteiger partial charge in [0.1, 0.15) is 5.69 Å². The Hall–Kier alpha value is -3.91. The Kier molecular flexibility index (Phi) is 7.22. The molecule has 0 unspecified atom stereocenters. The van der Waals surface area contributed by atoms with Crippen molar-refractivity contribution in [3.63, 3.8) is 0 Å². The van der Waals surface area contributed by atoms with Crippen molar-refractivity contribution in [2.75, 3.05) is 48.3 Å². The Labute approximate surface area is 223 Å². The van der Waals surface area contributed by atoms with Gasteiger partial charge in [-0.25, -0.2) is 9.50 Å². The number of nitrogens with one attached hydrogen (secondary N) is 3. The van der Waals surface area contributed by atoms with Crippen LogP contribution in [0.3, 0.4) is 0 Å². The lowest BCUT2D eigenvalue weighted by atomic mass is 9.89. The van der Waals surface area contributed by atoms with Gasteiger partial charge in [0.15, 0.2) is 5.65 Å². The van der Waals surface area contributed by atoms with Crippen LogP contribution in [0.4, 0.5) is 17.1 Å². The first-order chi connectivity index (χ1) is 18.7. The number of hydrogen-bond donors (Lipinski definition) is 3. The molecule has 8 heteroatoms.